The highest BCUT2D eigenvalue weighted by atomic mass is 16.3. The number of aliphatic hydroxyl groups is 2. The molecule has 0 rings (SSSR count). The van der Waals surface area contributed by atoms with Crippen molar-refractivity contribution in [3.8, 4) is 0 Å². The first-order valence-corrected chi connectivity index (χ1v) is 13.5. The lowest BCUT2D eigenvalue weighted by molar-refractivity contribution is 0.121. The van der Waals surface area contributed by atoms with E-state index < -0.39 is 0 Å². The molecule has 0 saturated heterocycles. The third kappa shape index (κ3) is 35.5. The van der Waals surface area contributed by atoms with Gasteiger partial charge in [-0.1, -0.05) is 13.8 Å². The van der Waals surface area contributed by atoms with E-state index >= 15 is 0 Å². The van der Waals surface area contributed by atoms with E-state index in [2.05, 4.69) is 57.9 Å². The van der Waals surface area contributed by atoms with Gasteiger partial charge in [-0.3, -0.25) is 14.8 Å². The van der Waals surface area contributed by atoms with Crippen molar-refractivity contribution in [1.82, 2.24) is 29.8 Å². The number of nitrogens with two attached hydrogens (primary N) is 1. The zero-order valence-electron chi connectivity index (χ0n) is 25.6. The normalized spacial score (nSPS) is 13.4. The van der Waals surface area contributed by atoms with Crippen molar-refractivity contribution < 1.29 is 10.2 Å². The van der Waals surface area contributed by atoms with Crippen molar-refractivity contribution in [3.63, 3.8) is 0 Å². The first-order chi connectivity index (χ1) is 16.9. The van der Waals surface area contributed by atoms with Crippen LogP contribution in [0.4, 0.5) is 0 Å². The standard InChI is InChI=1S/C20H46N6O2.2C3H9N/c1-6-23(4)13-15-26(18-20(3)28)12-9-22-8-11-24(5)14-16-25(10-7-21)17-19(2)27;1-4(2)3;1-3-4-2/h9,19-20,27-28H,6-8,10-18,21H2,1-5H3;1-3H3;4H,3H2,1-2H3. The van der Waals surface area contributed by atoms with Gasteiger partial charge in [-0.25, -0.2) is 0 Å². The minimum absolute atomic E-state index is 0.329. The molecule has 0 bridgehead atoms. The van der Waals surface area contributed by atoms with Crippen molar-refractivity contribution in [2.24, 2.45) is 10.7 Å². The minimum Gasteiger partial charge on any atom is -0.392 e. The highest BCUT2D eigenvalue weighted by Gasteiger charge is 2.09. The largest absolute Gasteiger partial charge is 0.392 e. The molecular weight excluding hydrogens is 456 g/mol. The second kappa shape index (κ2) is 28.9. The fourth-order valence-corrected chi connectivity index (χ4v) is 2.87. The number of rotatable bonds is 19. The van der Waals surface area contributed by atoms with Gasteiger partial charge in [-0.2, -0.15) is 0 Å². The van der Waals surface area contributed by atoms with Crippen molar-refractivity contribution in [2.75, 3.05) is 127 Å². The molecule has 0 aliphatic carbocycles. The van der Waals surface area contributed by atoms with Gasteiger partial charge in [-0.05, 0) is 69.2 Å². The van der Waals surface area contributed by atoms with Crippen LogP contribution in [0.5, 0.6) is 0 Å². The van der Waals surface area contributed by atoms with Crippen LogP contribution < -0.4 is 11.1 Å². The van der Waals surface area contributed by atoms with Gasteiger partial charge in [0, 0.05) is 71.7 Å². The zero-order chi connectivity index (χ0) is 28.4. The molecule has 0 aromatic rings. The molecule has 0 heterocycles. The predicted molar refractivity (Wildman–Crippen MR) is 159 cm³/mol. The predicted octanol–water partition coefficient (Wildman–Crippen LogP) is -0.331. The molecule has 0 amide bonds. The quantitative estimate of drug-likeness (QED) is 0.170. The topological polar surface area (TPSA) is 107 Å². The molecule has 0 fully saturated rings. The fraction of sp³-hybridized carbons (Fsp3) is 0.962. The van der Waals surface area contributed by atoms with E-state index in [1.54, 1.807) is 0 Å². The molecule has 2 atom stereocenters. The Bertz CT molecular complexity index is 449. The lowest BCUT2D eigenvalue weighted by Gasteiger charge is -2.26. The molecule has 0 radical (unpaired) electrons. The Morgan fingerprint density at radius 2 is 1.28 bits per heavy atom. The highest BCUT2D eigenvalue weighted by molar-refractivity contribution is 5.59. The summed E-state index contributed by atoms with van der Waals surface area (Å²) in [7, 11) is 12.1. The van der Waals surface area contributed by atoms with E-state index in [9.17, 15) is 10.2 Å². The van der Waals surface area contributed by atoms with Crippen LogP contribution in [0.3, 0.4) is 0 Å². The third-order valence-electron chi connectivity index (χ3n) is 5.06. The van der Waals surface area contributed by atoms with Crippen LogP contribution in [0.2, 0.25) is 0 Å². The van der Waals surface area contributed by atoms with E-state index in [1.165, 1.54) is 0 Å². The molecule has 36 heavy (non-hydrogen) atoms. The monoisotopic (exact) mass is 521 g/mol. The van der Waals surface area contributed by atoms with Gasteiger partial charge in [0.05, 0.1) is 18.8 Å². The van der Waals surface area contributed by atoms with Gasteiger partial charge in [0.25, 0.3) is 0 Å². The fourth-order valence-electron chi connectivity index (χ4n) is 2.87. The minimum atomic E-state index is -0.330. The van der Waals surface area contributed by atoms with Gasteiger partial charge in [-0.15, -0.1) is 0 Å². The molecule has 0 aromatic heterocycles. The van der Waals surface area contributed by atoms with E-state index in [4.69, 9.17) is 5.73 Å². The summed E-state index contributed by atoms with van der Waals surface area (Å²) in [4.78, 5) is 15.5. The number of hydrogen-bond acceptors (Lipinski definition) is 10. The molecule has 5 N–H and O–H groups in total. The smallest absolute Gasteiger partial charge is 0.0639 e. The first kappa shape index (κ1) is 39.8. The van der Waals surface area contributed by atoms with Crippen LogP contribution in [0.25, 0.3) is 0 Å². The summed E-state index contributed by atoms with van der Waals surface area (Å²) in [6, 6.07) is 0. The number of aliphatic imine (C=N–C) groups is 1. The maximum Gasteiger partial charge on any atom is 0.0639 e. The average molecular weight is 521 g/mol. The summed E-state index contributed by atoms with van der Waals surface area (Å²) in [6.07, 6.45) is 1.31. The molecule has 2 unspecified atom stereocenters. The van der Waals surface area contributed by atoms with Crippen LogP contribution in [0.1, 0.15) is 27.7 Å². The van der Waals surface area contributed by atoms with Crippen LogP contribution in [0, 0.1) is 0 Å². The Balaban J connectivity index is -0.00000118. The van der Waals surface area contributed by atoms with Crippen molar-refractivity contribution in [3.05, 3.63) is 0 Å². The van der Waals surface area contributed by atoms with E-state index in [1.807, 2.05) is 53.2 Å². The average Bonchev–Trinajstić information content (AvgIpc) is 2.79. The lowest BCUT2D eigenvalue weighted by Crippen LogP contribution is -2.40. The summed E-state index contributed by atoms with van der Waals surface area (Å²) < 4.78 is 0. The van der Waals surface area contributed by atoms with Crippen LogP contribution in [-0.4, -0.2) is 181 Å². The van der Waals surface area contributed by atoms with Gasteiger partial charge in [0.1, 0.15) is 0 Å². The summed E-state index contributed by atoms with van der Waals surface area (Å²) in [5.41, 5.74) is 5.65. The van der Waals surface area contributed by atoms with Gasteiger partial charge < -0.3 is 36.0 Å². The Labute approximate surface area is 224 Å². The summed E-state index contributed by atoms with van der Waals surface area (Å²) in [6.45, 7) is 18.9. The number of aliphatic hydroxyl groups excluding tert-OH is 2. The molecule has 0 aliphatic heterocycles. The molecule has 0 aromatic carbocycles. The lowest BCUT2D eigenvalue weighted by atomic mass is 10.3. The number of nitrogens with one attached hydrogen (secondary N) is 1. The van der Waals surface area contributed by atoms with Gasteiger partial charge in [0.15, 0.2) is 0 Å². The molecule has 0 aliphatic rings. The van der Waals surface area contributed by atoms with E-state index in [-0.39, 0.29) is 12.2 Å². The van der Waals surface area contributed by atoms with Crippen molar-refractivity contribution >= 4 is 6.21 Å². The summed E-state index contributed by atoms with van der Waals surface area (Å²) in [5.74, 6) is 0. The van der Waals surface area contributed by atoms with Gasteiger partial charge >= 0.3 is 0 Å². The van der Waals surface area contributed by atoms with Crippen molar-refractivity contribution in [2.45, 2.75) is 39.9 Å². The number of nitrogens with zero attached hydrogens (tertiary/aromatic N) is 6. The molecular formula is C26H64N8O2. The highest BCUT2D eigenvalue weighted by Crippen LogP contribution is 1.95. The Morgan fingerprint density at radius 1 is 0.806 bits per heavy atom. The molecule has 0 saturated carbocycles. The number of hydrogen-bond donors (Lipinski definition) is 4. The van der Waals surface area contributed by atoms with Crippen LogP contribution in [0.15, 0.2) is 4.99 Å². The summed E-state index contributed by atoms with van der Waals surface area (Å²) in [5, 5.41) is 22.2. The van der Waals surface area contributed by atoms with E-state index in [0.29, 0.717) is 19.6 Å². The molecule has 220 valence electrons. The number of likely N-dealkylation sites (N-methyl/N-ethyl adjacent to an activating group) is 2. The Kier molecular flexibility index (Phi) is 31.9. The molecule has 10 nitrogen and oxygen atoms in total. The molecule has 0 spiro atoms. The Morgan fingerprint density at radius 3 is 1.72 bits per heavy atom. The Hall–Kier alpha value is -0.690. The van der Waals surface area contributed by atoms with Crippen LogP contribution >= 0.6 is 0 Å². The van der Waals surface area contributed by atoms with Gasteiger partial charge in [0.2, 0.25) is 0 Å². The summed E-state index contributed by atoms with van der Waals surface area (Å²) >= 11 is 0. The van der Waals surface area contributed by atoms with E-state index in [0.717, 1.165) is 65.4 Å². The zero-order valence-corrected chi connectivity index (χ0v) is 25.6. The first-order valence-electron chi connectivity index (χ1n) is 13.5. The SMILES string of the molecule is CCN(C)CCN(CC=NCCN(C)CCN(CCN)CC(C)O)CC(C)O.CCNC.CN(C)C. The second-order valence-electron chi connectivity index (χ2n) is 9.88. The maximum absolute atomic E-state index is 9.68. The van der Waals surface area contributed by atoms with Crippen LogP contribution in [-0.2, 0) is 0 Å². The molecule has 10 heteroatoms. The third-order valence-corrected chi connectivity index (χ3v) is 5.06. The maximum atomic E-state index is 9.68. The second-order valence-corrected chi connectivity index (χ2v) is 9.88. The van der Waals surface area contributed by atoms with Crippen molar-refractivity contribution in [1.29, 1.82) is 0 Å².